The lowest BCUT2D eigenvalue weighted by atomic mass is 9.99. The highest BCUT2D eigenvalue weighted by molar-refractivity contribution is 6.27. The first kappa shape index (κ1) is 6.27. The van der Waals surface area contributed by atoms with E-state index in [1.807, 2.05) is 0 Å². The van der Waals surface area contributed by atoms with Crippen molar-refractivity contribution >= 4 is 19.9 Å². The summed E-state index contributed by atoms with van der Waals surface area (Å²) in [4.78, 5) is 8.89. The van der Waals surface area contributed by atoms with Crippen LogP contribution < -0.4 is 0 Å². The average Bonchev–Trinajstić information content (AvgIpc) is 1.76. The lowest BCUT2D eigenvalue weighted by Gasteiger charge is -1.79. The predicted molar refractivity (Wildman–Crippen MR) is 26.2 cm³/mol. The Morgan fingerprint density at radius 2 is 2.33 bits per heavy atom. The second-order valence-corrected chi connectivity index (χ2v) is 0.998. The summed E-state index contributed by atoms with van der Waals surface area (Å²) in [7, 11) is 0.778. The van der Waals surface area contributed by atoms with Gasteiger partial charge in [0.25, 0.3) is 0 Å². The Morgan fingerprint density at radius 3 is 2.50 bits per heavy atom. The molecule has 0 N–H and O–H groups in total. The van der Waals surface area contributed by atoms with Gasteiger partial charge < -0.3 is 4.81 Å². The van der Waals surface area contributed by atoms with E-state index in [9.17, 15) is 0 Å². The fraction of sp³-hybridized carbons (Fsp3) is 1.00. The molecule has 1 saturated heterocycles. The van der Waals surface area contributed by atoms with Crippen LogP contribution in [-0.4, -0.2) is 14.1 Å². The summed E-state index contributed by atoms with van der Waals surface area (Å²) in [6.07, 6.45) is 1.06. The predicted octanol–water partition coefficient (Wildman–Crippen LogP) is 0.140. The molecule has 0 aromatic heterocycles. The van der Waals surface area contributed by atoms with Gasteiger partial charge in [0.1, 0.15) is 0 Å². The van der Waals surface area contributed by atoms with Crippen molar-refractivity contribution in [3.05, 3.63) is 0 Å². The first-order chi connectivity index (χ1) is 2.50. The summed E-state index contributed by atoms with van der Waals surface area (Å²) in [6.45, 7) is 0.778. The monoisotopic (exact) mass is 108 g/mol. The standard InChI is InChI=1S/C2H5BO2.ClH/c1-2-4-5-3-1;/h3H,1-2H2;1H. The molecule has 2 nitrogen and oxygen atoms in total. The fourth-order valence-electron chi connectivity index (χ4n) is 0.295. The molecule has 1 heterocycles. The van der Waals surface area contributed by atoms with Crippen molar-refractivity contribution in [2.24, 2.45) is 0 Å². The van der Waals surface area contributed by atoms with Crippen molar-refractivity contribution in [2.45, 2.75) is 6.32 Å². The molecule has 0 radical (unpaired) electrons. The van der Waals surface area contributed by atoms with E-state index in [0.717, 1.165) is 20.4 Å². The van der Waals surface area contributed by atoms with Gasteiger partial charge in [-0.05, 0) is 6.32 Å². The minimum absolute atomic E-state index is 0. The van der Waals surface area contributed by atoms with Crippen LogP contribution in [0.4, 0.5) is 0 Å². The van der Waals surface area contributed by atoms with Crippen molar-refractivity contribution in [3.63, 3.8) is 0 Å². The highest BCUT2D eigenvalue weighted by Gasteiger charge is 1.99. The zero-order chi connectivity index (χ0) is 3.54. The summed E-state index contributed by atoms with van der Waals surface area (Å²) in [5, 5.41) is 0. The first-order valence-electron chi connectivity index (χ1n) is 1.74. The largest absolute Gasteiger partial charge is 0.325 e. The van der Waals surface area contributed by atoms with Gasteiger partial charge >= 0.3 is 7.48 Å². The highest BCUT2D eigenvalue weighted by atomic mass is 35.5. The zero-order valence-corrected chi connectivity index (χ0v) is 4.16. The minimum Gasteiger partial charge on any atom is -0.310 e. The Hall–Kier alpha value is 0.275. The highest BCUT2D eigenvalue weighted by Crippen LogP contribution is 1.91. The molecular weight excluding hydrogens is 102 g/mol. The minimum atomic E-state index is 0. The van der Waals surface area contributed by atoms with Gasteiger partial charge in [0.2, 0.25) is 0 Å². The van der Waals surface area contributed by atoms with Crippen LogP contribution in [0.15, 0.2) is 0 Å². The van der Waals surface area contributed by atoms with Gasteiger partial charge in [-0.2, -0.15) is 0 Å². The molecule has 6 heavy (non-hydrogen) atoms. The molecule has 1 fully saturated rings. The van der Waals surface area contributed by atoms with Crippen LogP contribution in [0, 0.1) is 0 Å². The normalized spacial score (nSPS) is 18.7. The molecular formula is C2H6BClO2. The molecule has 1 aliphatic rings. The molecule has 0 atom stereocenters. The summed E-state index contributed by atoms with van der Waals surface area (Å²) in [5.41, 5.74) is 0. The van der Waals surface area contributed by atoms with E-state index < -0.39 is 0 Å². The van der Waals surface area contributed by atoms with Gasteiger partial charge in [-0.1, -0.05) is 0 Å². The van der Waals surface area contributed by atoms with Crippen molar-refractivity contribution in [1.82, 2.24) is 0 Å². The molecule has 4 heteroatoms. The van der Waals surface area contributed by atoms with E-state index in [2.05, 4.69) is 9.69 Å². The van der Waals surface area contributed by atoms with Gasteiger partial charge in [0, 0.05) is 0 Å². The Kier molecular flexibility index (Phi) is 3.62. The Labute approximate surface area is 43.4 Å². The van der Waals surface area contributed by atoms with Crippen LogP contribution in [0.2, 0.25) is 6.32 Å². The lowest BCUT2D eigenvalue weighted by molar-refractivity contribution is -0.181. The van der Waals surface area contributed by atoms with E-state index in [4.69, 9.17) is 0 Å². The van der Waals surface area contributed by atoms with Crippen LogP contribution in [0.5, 0.6) is 0 Å². The van der Waals surface area contributed by atoms with E-state index in [-0.39, 0.29) is 12.4 Å². The molecule has 0 aliphatic carbocycles. The Morgan fingerprint density at radius 1 is 1.50 bits per heavy atom. The van der Waals surface area contributed by atoms with Gasteiger partial charge in [-0.25, -0.2) is 0 Å². The molecule has 1 aliphatic heterocycles. The lowest BCUT2D eigenvalue weighted by Crippen LogP contribution is -1.78. The summed E-state index contributed by atoms with van der Waals surface area (Å²) >= 11 is 0. The second-order valence-electron chi connectivity index (χ2n) is 0.998. The van der Waals surface area contributed by atoms with Crippen LogP contribution in [0.3, 0.4) is 0 Å². The van der Waals surface area contributed by atoms with Crippen LogP contribution >= 0.6 is 12.4 Å². The van der Waals surface area contributed by atoms with E-state index in [1.165, 1.54) is 0 Å². The summed E-state index contributed by atoms with van der Waals surface area (Å²) in [5.74, 6) is 0. The Bertz CT molecular complexity index is 23.1. The fourth-order valence-corrected chi connectivity index (χ4v) is 0.295. The van der Waals surface area contributed by atoms with Crippen molar-refractivity contribution in [1.29, 1.82) is 0 Å². The van der Waals surface area contributed by atoms with E-state index in [0.29, 0.717) is 0 Å². The first-order valence-corrected chi connectivity index (χ1v) is 1.74. The number of hydrogen-bond acceptors (Lipinski definition) is 2. The molecule has 36 valence electrons. The molecule has 0 amide bonds. The van der Waals surface area contributed by atoms with Gasteiger partial charge in [0.05, 0.1) is 6.61 Å². The maximum atomic E-state index is 4.44. The molecule has 0 bridgehead atoms. The van der Waals surface area contributed by atoms with Crippen LogP contribution in [-0.2, 0) is 9.69 Å². The van der Waals surface area contributed by atoms with Crippen molar-refractivity contribution < 1.29 is 9.69 Å². The summed E-state index contributed by atoms with van der Waals surface area (Å²) in [6, 6.07) is 0. The van der Waals surface area contributed by atoms with Crippen molar-refractivity contribution in [2.75, 3.05) is 6.61 Å². The second kappa shape index (κ2) is 3.46. The van der Waals surface area contributed by atoms with E-state index in [1.54, 1.807) is 0 Å². The molecule has 0 aromatic rings. The number of halogens is 1. The number of hydrogen-bond donors (Lipinski definition) is 0. The third-order valence-electron chi connectivity index (χ3n) is 0.539. The average molecular weight is 108 g/mol. The summed E-state index contributed by atoms with van der Waals surface area (Å²) < 4.78 is 0. The molecule has 0 unspecified atom stereocenters. The Balaban J connectivity index is 0.000000250. The SMILES string of the molecule is B1CCOO1.Cl. The van der Waals surface area contributed by atoms with Crippen molar-refractivity contribution in [3.8, 4) is 0 Å². The molecule has 0 spiro atoms. The topological polar surface area (TPSA) is 18.5 Å². The maximum Gasteiger partial charge on any atom is 0.325 e. The van der Waals surface area contributed by atoms with Gasteiger partial charge in [-0.3, -0.25) is 4.89 Å². The van der Waals surface area contributed by atoms with E-state index >= 15 is 0 Å². The smallest absolute Gasteiger partial charge is 0.310 e. The van der Waals surface area contributed by atoms with Crippen LogP contribution in [0.1, 0.15) is 0 Å². The zero-order valence-electron chi connectivity index (χ0n) is 3.35. The molecule has 0 aromatic carbocycles. The molecule has 0 saturated carbocycles. The third kappa shape index (κ3) is 1.65. The maximum absolute atomic E-state index is 4.44. The van der Waals surface area contributed by atoms with Gasteiger partial charge in [-0.15, -0.1) is 12.4 Å². The molecule has 1 rings (SSSR count). The van der Waals surface area contributed by atoms with Gasteiger partial charge in [0.15, 0.2) is 0 Å². The quantitative estimate of drug-likeness (QED) is 0.325. The van der Waals surface area contributed by atoms with Crippen LogP contribution in [0.25, 0.3) is 0 Å². The number of rotatable bonds is 0. The third-order valence-corrected chi connectivity index (χ3v) is 0.539.